The molecule has 0 spiro atoms. The first-order chi connectivity index (χ1) is 25.6. The van der Waals surface area contributed by atoms with Crippen molar-refractivity contribution in [1.82, 2.24) is 9.13 Å². The molecule has 2 heterocycles. The van der Waals surface area contributed by atoms with E-state index in [9.17, 15) is 0 Å². The van der Waals surface area contributed by atoms with E-state index in [1.807, 2.05) is 12.1 Å². The van der Waals surface area contributed by atoms with Gasteiger partial charge in [0.2, 0.25) is 0 Å². The number of nitrogens with zero attached hydrogens (tertiary/aromatic N) is 2. The van der Waals surface area contributed by atoms with Crippen LogP contribution in [0.2, 0.25) is 0 Å². The first-order valence-corrected chi connectivity index (χ1v) is 17.5. The summed E-state index contributed by atoms with van der Waals surface area (Å²) in [6, 6.07) is 65.7. The van der Waals surface area contributed by atoms with Gasteiger partial charge in [0.25, 0.3) is 0 Å². The molecule has 2 aromatic heterocycles. The third-order valence-electron chi connectivity index (χ3n) is 10.3. The second-order valence-corrected chi connectivity index (χ2v) is 13.4. The Morgan fingerprint density at radius 1 is 0.333 bits per heavy atom. The van der Waals surface area contributed by atoms with Gasteiger partial charge in [-0.25, -0.2) is 0 Å². The molecule has 0 atom stereocenters. The number of benzene rings is 8. The third kappa shape index (κ3) is 4.87. The van der Waals surface area contributed by atoms with Crippen molar-refractivity contribution < 1.29 is 1.37 Å². The number of aromatic nitrogens is 2. The molecule has 0 aliphatic rings. The lowest BCUT2D eigenvalue weighted by atomic mass is 9.98. The molecular formula is C49H34N2. The molecule has 0 fully saturated rings. The molecule has 0 bridgehead atoms. The Morgan fingerprint density at radius 2 is 0.824 bits per heavy atom. The van der Waals surface area contributed by atoms with Crippen LogP contribution in [0.25, 0.3) is 88.4 Å². The molecular weight excluding hydrogens is 617 g/mol. The monoisotopic (exact) mass is 651 g/mol. The van der Waals surface area contributed by atoms with Crippen LogP contribution in [0, 0.1) is 6.92 Å². The van der Waals surface area contributed by atoms with E-state index in [1.54, 1.807) is 0 Å². The van der Waals surface area contributed by atoms with Crippen molar-refractivity contribution in [3.05, 3.63) is 194 Å². The lowest BCUT2D eigenvalue weighted by Gasteiger charge is -2.14. The van der Waals surface area contributed by atoms with Gasteiger partial charge in [-0.15, -0.1) is 0 Å². The highest BCUT2D eigenvalue weighted by Crippen LogP contribution is 2.40. The Bertz CT molecular complexity index is 2900. The highest BCUT2D eigenvalue weighted by atomic mass is 15.0. The summed E-state index contributed by atoms with van der Waals surface area (Å²) in [4.78, 5) is 0. The lowest BCUT2D eigenvalue weighted by molar-refractivity contribution is 1.18. The number of fused-ring (bicyclic) bond motifs is 6. The number of rotatable bonds is 5. The van der Waals surface area contributed by atoms with Gasteiger partial charge in [0.05, 0.1) is 23.4 Å². The average Bonchev–Trinajstić information content (AvgIpc) is 3.70. The minimum Gasteiger partial charge on any atom is -0.309 e. The van der Waals surface area contributed by atoms with Crippen molar-refractivity contribution in [3.8, 4) is 44.8 Å². The number of hydrogen-bond donors (Lipinski definition) is 0. The molecule has 8 aromatic carbocycles. The quantitative estimate of drug-likeness (QED) is 0.175. The Hall–Kier alpha value is -6.64. The molecule has 0 amide bonds. The highest BCUT2D eigenvalue weighted by Gasteiger charge is 2.17. The van der Waals surface area contributed by atoms with Crippen molar-refractivity contribution in [3.63, 3.8) is 0 Å². The fourth-order valence-corrected chi connectivity index (χ4v) is 7.87. The maximum Gasteiger partial charge on any atom is 0.0623 e. The summed E-state index contributed by atoms with van der Waals surface area (Å²) in [5.74, 6) is 0. The molecule has 0 N–H and O–H groups in total. The number of hydrogen-bond acceptors (Lipinski definition) is 0. The lowest BCUT2D eigenvalue weighted by Crippen LogP contribution is -1.96. The SMILES string of the molecule is [2H]c1ccc2c(c1)c1cc(-c3ccc4c(c3)c3cc(C)ccc3n4-c3ccccc3)ccc1n2-c1cc(-c2ccccc2)cc(-c2ccccc2)c1. The van der Waals surface area contributed by atoms with Crippen molar-refractivity contribution in [2.45, 2.75) is 6.92 Å². The minimum absolute atomic E-state index is 0.505. The third-order valence-corrected chi connectivity index (χ3v) is 10.3. The topological polar surface area (TPSA) is 9.86 Å². The zero-order valence-corrected chi connectivity index (χ0v) is 28.2. The fraction of sp³-hybridized carbons (Fsp3) is 0.0204. The molecule has 2 nitrogen and oxygen atoms in total. The zero-order chi connectivity index (χ0) is 34.8. The van der Waals surface area contributed by atoms with Gasteiger partial charge >= 0.3 is 0 Å². The molecule has 2 heteroatoms. The largest absolute Gasteiger partial charge is 0.309 e. The van der Waals surface area contributed by atoms with Crippen LogP contribution in [0.15, 0.2) is 188 Å². The molecule has 0 aliphatic heterocycles. The molecule has 0 aliphatic carbocycles. The van der Waals surface area contributed by atoms with Crippen LogP contribution in [0.3, 0.4) is 0 Å². The van der Waals surface area contributed by atoms with Gasteiger partial charge in [0.15, 0.2) is 0 Å². The highest BCUT2D eigenvalue weighted by molar-refractivity contribution is 6.13. The molecule has 0 unspecified atom stereocenters. The Kier molecular flexibility index (Phi) is 6.50. The average molecular weight is 652 g/mol. The maximum absolute atomic E-state index is 8.62. The number of aryl methyl sites for hydroxylation is 1. The molecule has 51 heavy (non-hydrogen) atoms. The Balaban J connectivity index is 1.19. The Labute approximate surface area is 298 Å². The van der Waals surface area contributed by atoms with Gasteiger partial charge in [0, 0.05) is 32.9 Å². The van der Waals surface area contributed by atoms with Crippen molar-refractivity contribution >= 4 is 43.6 Å². The molecule has 0 radical (unpaired) electrons. The molecule has 0 saturated carbocycles. The van der Waals surface area contributed by atoms with Crippen LogP contribution in [0.4, 0.5) is 0 Å². The molecule has 10 rings (SSSR count). The van der Waals surface area contributed by atoms with E-state index in [4.69, 9.17) is 1.37 Å². The second-order valence-electron chi connectivity index (χ2n) is 13.4. The summed E-state index contributed by atoms with van der Waals surface area (Å²) in [6.07, 6.45) is 0. The number of para-hydroxylation sites is 2. The van der Waals surface area contributed by atoms with E-state index in [1.165, 1.54) is 55.2 Å². The smallest absolute Gasteiger partial charge is 0.0623 e. The van der Waals surface area contributed by atoms with E-state index in [-0.39, 0.29) is 0 Å². The predicted molar refractivity (Wildman–Crippen MR) is 216 cm³/mol. The van der Waals surface area contributed by atoms with Crippen molar-refractivity contribution in [1.29, 1.82) is 0 Å². The molecule has 10 aromatic rings. The summed E-state index contributed by atoms with van der Waals surface area (Å²) in [7, 11) is 0. The van der Waals surface area contributed by atoms with Gasteiger partial charge in [-0.3, -0.25) is 0 Å². The van der Waals surface area contributed by atoms with E-state index < -0.39 is 0 Å². The summed E-state index contributed by atoms with van der Waals surface area (Å²) in [6.45, 7) is 2.16. The summed E-state index contributed by atoms with van der Waals surface area (Å²) in [5.41, 5.74) is 15.1. The van der Waals surface area contributed by atoms with Gasteiger partial charge in [-0.2, -0.15) is 0 Å². The van der Waals surface area contributed by atoms with Gasteiger partial charge in [-0.05, 0) is 113 Å². The van der Waals surface area contributed by atoms with Crippen LogP contribution in [0.5, 0.6) is 0 Å². The van der Waals surface area contributed by atoms with Crippen LogP contribution >= 0.6 is 0 Å². The van der Waals surface area contributed by atoms with Crippen molar-refractivity contribution in [2.75, 3.05) is 0 Å². The van der Waals surface area contributed by atoms with E-state index >= 15 is 0 Å². The van der Waals surface area contributed by atoms with E-state index in [0.717, 1.165) is 38.7 Å². The summed E-state index contributed by atoms with van der Waals surface area (Å²) < 4.78 is 13.4. The van der Waals surface area contributed by atoms with Crippen LogP contribution < -0.4 is 0 Å². The van der Waals surface area contributed by atoms with Crippen LogP contribution in [-0.4, -0.2) is 9.13 Å². The summed E-state index contributed by atoms with van der Waals surface area (Å²) in [5, 5.41) is 4.70. The zero-order valence-electron chi connectivity index (χ0n) is 29.2. The van der Waals surface area contributed by atoms with E-state index in [2.05, 4.69) is 186 Å². The van der Waals surface area contributed by atoms with Crippen LogP contribution in [-0.2, 0) is 0 Å². The minimum atomic E-state index is 0.505. The normalized spacial score (nSPS) is 11.9. The maximum atomic E-state index is 8.62. The van der Waals surface area contributed by atoms with Crippen LogP contribution in [0.1, 0.15) is 6.93 Å². The Morgan fingerprint density at radius 3 is 1.43 bits per heavy atom. The second kappa shape index (κ2) is 11.8. The standard InChI is InChI=1S/C49H34N2/c1-33-21-24-47-43(27-33)45-32-37(23-26-49(45)50(47)40-17-9-4-10-18-40)36-22-25-48-44(31-36)42-19-11-12-20-46(42)51(48)41-29-38(34-13-5-2-6-14-34)28-39(30-41)35-15-7-3-8-16-35/h2-32H,1H3/i11D. The molecule has 240 valence electrons. The fourth-order valence-electron chi connectivity index (χ4n) is 7.87. The first-order valence-electron chi connectivity index (χ1n) is 18.0. The predicted octanol–water partition coefficient (Wildman–Crippen LogP) is 13.2. The van der Waals surface area contributed by atoms with E-state index in [0.29, 0.717) is 6.04 Å². The van der Waals surface area contributed by atoms with Gasteiger partial charge < -0.3 is 9.13 Å². The summed E-state index contributed by atoms with van der Waals surface area (Å²) >= 11 is 0. The first kappa shape index (κ1) is 28.2. The van der Waals surface area contributed by atoms with Gasteiger partial charge in [0.1, 0.15) is 0 Å². The van der Waals surface area contributed by atoms with Gasteiger partial charge in [-0.1, -0.05) is 121 Å². The molecule has 0 saturated heterocycles. The van der Waals surface area contributed by atoms with Crippen molar-refractivity contribution in [2.24, 2.45) is 0 Å².